The summed E-state index contributed by atoms with van der Waals surface area (Å²) in [5.41, 5.74) is 13.6. The number of thiazole rings is 1. The first-order chi connectivity index (χ1) is 7.25. The molecule has 0 fully saturated rings. The summed E-state index contributed by atoms with van der Waals surface area (Å²) in [5, 5.41) is 2.92. The van der Waals surface area contributed by atoms with Crippen molar-refractivity contribution in [3.05, 3.63) is 46.4 Å². The van der Waals surface area contributed by atoms with Gasteiger partial charge in [-0.15, -0.1) is 11.3 Å². The molecule has 15 heavy (non-hydrogen) atoms. The highest BCUT2D eigenvalue weighted by atomic mass is 32.1. The number of hydrogen-bond donors (Lipinski definition) is 2. The van der Waals surface area contributed by atoms with Crippen LogP contribution in [0.2, 0.25) is 0 Å². The van der Waals surface area contributed by atoms with Gasteiger partial charge < -0.3 is 11.5 Å². The number of aromatic nitrogens is 1. The second-order valence-corrected chi connectivity index (χ2v) is 4.35. The molecule has 1 aromatic carbocycles. The molecule has 0 spiro atoms. The summed E-state index contributed by atoms with van der Waals surface area (Å²) in [6.45, 7) is 0. The van der Waals surface area contributed by atoms with Crippen LogP contribution in [0.4, 0.5) is 5.69 Å². The van der Waals surface area contributed by atoms with Gasteiger partial charge >= 0.3 is 0 Å². The molecule has 0 saturated heterocycles. The van der Waals surface area contributed by atoms with Gasteiger partial charge in [-0.25, -0.2) is 4.98 Å². The lowest BCUT2D eigenvalue weighted by Gasteiger charge is -2.08. The molecule has 0 aliphatic heterocycles. The molecular weight excluding hydrogens is 206 g/mol. The Morgan fingerprint density at radius 3 is 2.60 bits per heavy atom. The van der Waals surface area contributed by atoms with E-state index in [1.165, 1.54) is 5.56 Å². The Morgan fingerprint density at radius 1 is 1.27 bits per heavy atom. The predicted octanol–water partition coefficient (Wildman–Crippen LogP) is 1.97. The molecule has 0 amide bonds. The van der Waals surface area contributed by atoms with Crippen molar-refractivity contribution in [1.29, 1.82) is 0 Å². The number of nitrogen functional groups attached to an aromatic ring is 1. The minimum atomic E-state index is -0.0198. The molecule has 0 radical (unpaired) electrons. The summed E-state index contributed by atoms with van der Waals surface area (Å²) in [6, 6.07) is 7.77. The molecule has 4 heteroatoms. The van der Waals surface area contributed by atoms with Crippen molar-refractivity contribution in [2.24, 2.45) is 5.73 Å². The summed E-state index contributed by atoms with van der Waals surface area (Å²) in [5.74, 6) is 0. The summed E-state index contributed by atoms with van der Waals surface area (Å²) in [7, 11) is 0. The number of benzene rings is 1. The van der Waals surface area contributed by atoms with Crippen LogP contribution < -0.4 is 11.5 Å². The van der Waals surface area contributed by atoms with Crippen molar-refractivity contribution in [3.63, 3.8) is 0 Å². The second kappa shape index (κ2) is 4.42. The quantitative estimate of drug-likeness (QED) is 0.776. The Hall–Kier alpha value is -1.39. The van der Waals surface area contributed by atoms with Crippen molar-refractivity contribution >= 4 is 17.0 Å². The first-order valence-electron chi connectivity index (χ1n) is 4.75. The van der Waals surface area contributed by atoms with Crippen LogP contribution in [0.1, 0.15) is 16.6 Å². The maximum Gasteiger partial charge on any atom is 0.110 e. The van der Waals surface area contributed by atoms with Crippen LogP contribution in [0.15, 0.2) is 35.8 Å². The normalized spacial score (nSPS) is 12.6. The number of nitrogens with two attached hydrogens (primary N) is 2. The minimum absolute atomic E-state index is 0.0198. The Balaban J connectivity index is 2.06. The van der Waals surface area contributed by atoms with Crippen LogP contribution in [-0.4, -0.2) is 4.98 Å². The Bertz CT molecular complexity index is 408. The highest BCUT2D eigenvalue weighted by Crippen LogP contribution is 2.18. The van der Waals surface area contributed by atoms with Crippen LogP contribution >= 0.6 is 11.3 Å². The topological polar surface area (TPSA) is 64.9 Å². The lowest BCUT2D eigenvalue weighted by atomic mass is 10.1. The Morgan fingerprint density at radius 2 is 2.00 bits per heavy atom. The van der Waals surface area contributed by atoms with Crippen LogP contribution in [-0.2, 0) is 6.42 Å². The molecule has 1 heterocycles. The third-order valence-corrected chi connectivity index (χ3v) is 3.11. The first-order valence-corrected chi connectivity index (χ1v) is 5.63. The van der Waals surface area contributed by atoms with E-state index >= 15 is 0 Å². The van der Waals surface area contributed by atoms with E-state index < -0.39 is 0 Å². The van der Waals surface area contributed by atoms with Crippen LogP contribution in [0.25, 0.3) is 0 Å². The van der Waals surface area contributed by atoms with E-state index in [0.29, 0.717) is 0 Å². The number of nitrogens with zero attached hydrogens (tertiary/aromatic N) is 1. The molecule has 2 aromatic rings. The van der Waals surface area contributed by atoms with Crippen molar-refractivity contribution in [3.8, 4) is 0 Å². The molecule has 4 N–H and O–H groups in total. The standard InChI is InChI=1S/C11H13N3S/c12-9-3-1-8(2-4-9)7-10(13)11-14-5-6-15-11/h1-6,10H,7,12-13H2/t10-/m0/s1. The fourth-order valence-corrected chi connectivity index (χ4v) is 2.05. The van der Waals surface area contributed by atoms with E-state index in [4.69, 9.17) is 11.5 Å². The molecule has 2 rings (SSSR count). The van der Waals surface area contributed by atoms with Crippen molar-refractivity contribution in [1.82, 2.24) is 4.98 Å². The van der Waals surface area contributed by atoms with E-state index in [9.17, 15) is 0 Å². The van der Waals surface area contributed by atoms with Gasteiger partial charge in [0.15, 0.2) is 0 Å². The SMILES string of the molecule is Nc1ccc(C[C@H](N)c2nccs2)cc1. The van der Waals surface area contributed by atoms with Gasteiger partial charge in [0.25, 0.3) is 0 Å². The largest absolute Gasteiger partial charge is 0.399 e. The zero-order valence-electron chi connectivity index (χ0n) is 8.26. The number of hydrogen-bond acceptors (Lipinski definition) is 4. The fourth-order valence-electron chi connectivity index (χ4n) is 1.41. The lowest BCUT2D eigenvalue weighted by Crippen LogP contribution is -2.12. The molecule has 1 aromatic heterocycles. The minimum Gasteiger partial charge on any atom is -0.399 e. The third kappa shape index (κ3) is 2.55. The molecule has 1 atom stereocenters. The zero-order valence-corrected chi connectivity index (χ0v) is 9.08. The van der Waals surface area contributed by atoms with Gasteiger partial charge in [0.2, 0.25) is 0 Å². The average Bonchev–Trinajstić information content (AvgIpc) is 2.74. The molecular formula is C11H13N3S. The smallest absolute Gasteiger partial charge is 0.110 e. The summed E-state index contributed by atoms with van der Waals surface area (Å²) >= 11 is 1.59. The summed E-state index contributed by atoms with van der Waals surface area (Å²) in [4.78, 5) is 4.20. The summed E-state index contributed by atoms with van der Waals surface area (Å²) < 4.78 is 0. The maximum absolute atomic E-state index is 6.03. The fraction of sp³-hybridized carbons (Fsp3) is 0.182. The monoisotopic (exact) mass is 219 g/mol. The molecule has 0 aliphatic carbocycles. The van der Waals surface area contributed by atoms with Gasteiger partial charge in [0, 0.05) is 17.3 Å². The van der Waals surface area contributed by atoms with E-state index in [-0.39, 0.29) is 6.04 Å². The van der Waals surface area contributed by atoms with E-state index in [1.807, 2.05) is 29.6 Å². The third-order valence-electron chi connectivity index (χ3n) is 2.20. The molecule has 0 unspecified atom stereocenters. The van der Waals surface area contributed by atoms with Gasteiger partial charge in [-0.1, -0.05) is 12.1 Å². The average molecular weight is 219 g/mol. The van der Waals surface area contributed by atoms with Crippen molar-refractivity contribution in [2.75, 3.05) is 5.73 Å². The number of anilines is 1. The van der Waals surface area contributed by atoms with Gasteiger partial charge in [-0.2, -0.15) is 0 Å². The molecule has 78 valence electrons. The second-order valence-electron chi connectivity index (χ2n) is 3.42. The zero-order chi connectivity index (χ0) is 10.7. The van der Waals surface area contributed by atoms with E-state index in [0.717, 1.165) is 17.1 Å². The first kappa shape index (κ1) is 10.1. The Kier molecular flexibility index (Phi) is 2.99. The highest BCUT2D eigenvalue weighted by molar-refractivity contribution is 7.09. The van der Waals surface area contributed by atoms with E-state index in [2.05, 4.69) is 4.98 Å². The summed E-state index contributed by atoms with van der Waals surface area (Å²) in [6.07, 6.45) is 2.58. The van der Waals surface area contributed by atoms with Crippen molar-refractivity contribution < 1.29 is 0 Å². The molecule has 0 aliphatic rings. The molecule has 0 saturated carbocycles. The van der Waals surface area contributed by atoms with Gasteiger partial charge in [-0.3, -0.25) is 0 Å². The van der Waals surface area contributed by atoms with E-state index in [1.54, 1.807) is 17.5 Å². The number of rotatable bonds is 3. The van der Waals surface area contributed by atoms with Crippen molar-refractivity contribution in [2.45, 2.75) is 12.5 Å². The van der Waals surface area contributed by atoms with Crippen LogP contribution in [0.5, 0.6) is 0 Å². The van der Waals surface area contributed by atoms with Crippen LogP contribution in [0, 0.1) is 0 Å². The van der Waals surface area contributed by atoms with Gasteiger partial charge in [0.05, 0.1) is 6.04 Å². The highest BCUT2D eigenvalue weighted by Gasteiger charge is 2.08. The molecule has 3 nitrogen and oxygen atoms in total. The predicted molar refractivity (Wildman–Crippen MR) is 63.6 cm³/mol. The molecule has 0 bridgehead atoms. The lowest BCUT2D eigenvalue weighted by molar-refractivity contribution is 0.715. The van der Waals surface area contributed by atoms with Crippen LogP contribution in [0.3, 0.4) is 0 Å². The van der Waals surface area contributed by atoms with Gasteiger partial charge in [0.1, 0.15) is 5.01 Å². The Labute approximate surface area is 92.8 Å². The van der Waals surface area contributed by atoms with Gasteiger partial charge in [-0.05, 0) is 24.1 Å². The maximum atomic E-state index is 6.03.